The number of methoxy groups -OCH3 is 1. The number of hydrogen-bond donors (Lipinski definition) is 1. The zero-order valence-corrected chi connectivity index (χ0v) is 19.9. The monoisotopic (exact) mass is 484 g/mol. The van der Waals surface area contributed by atoms with Crippen molar-refractivity contribution in [3.05, 3.63) is 30.4 Å². The summed E-state index contributed by atoms with van der Waals surface area (Å²) >= 11 is 0. The first-order chi connectivity index (χ1) is 16.8. The average Bonchev–Trinajstić information content (AvgIpc) is 3.21. The highest BCUT2D eigenvalue weighted by atomic mass is 16.7. The Hall–Kier alpha value is -3.51. The van der Waals surface area contributed by atoms with Gasteiger partial charge in [-0.2, -0.15) is 0 Å². The van der Waals surface area contributed by atoms with Crippen LogP contribution in [0.5, 0.6) is 5.75 Å². The number of carbonyl (C=O) groups is 2. The Morgan fingerprint density at radius 2 is 2.11 bits per heavy atom. The van der Waals surface area contributed by atoms with Gasteiger partial charge in [-0.3, -0.25) is 10.2 Å². The maximum atomic E-state index is 13.3. The highest BCUT2D eigenvalue weighted by Crippen LogP contribution is 2.37. The fraction of sp³-hybridized carbons (Fsp3) is 0.522. The highest BCUT2D eigenvalue weighted by molar-refractivity contribution is 6.04. The zero-order valence-electron chi connectivity index (χ0n) is 19.9. The molecule has 3 aliphatic heterocycles. The third-order valence-corrected chi connectivity index (χ3v) is 6.14. The molecule has 2 aromatic rings. The summed E-state index contributed by atoms with van der Waals surface area (Å²) in [6.45, 7) is 6.04. The van der Waals surface area contributed by atoms with E-state index in [1.807, 2.05) is 13.8 Å². The van der Waals surface area contributed by atoms with E-state index in [-0.39, 0.29) is 24.0 Å². The Morgan fingerprint density at radius 1 is 1.26 bits per heavy atom. The summed E-state index contributed by atoms with van der Waals surface area (Å²) in [6.07, 6.45) is 4.71. The normalized spacial score (nSPS) is 22.4. The Kier molecular flexibility index (Phi) is 6.15. The molecule has 0 unspecified atom stereocenters. The van der Waals surface area contributed by atoms with Gasteiger partial charge in [0.2, 0.25) is 5.82 Å². The minimum Gasteiger partial charge on any atom is -0.489 e. The molecule has 2 atom stereocenters. The topological polar surface area (TPSA) is 128 Å². The van der Waals surface area contributed by atoms with E-state index < -0.39 is 11.8 Å². The van der Waals surface area contributed by atoms with Gasteiger partial charge in [-0.1, -0.05) is 0 Å². The van der Waals surface area contributed by atoms with Gasteiger partial charge in [0.15, 0.2) is 11.6 Å². The summed E-state index contributed by atoms with van der Waals surface area (Å²) in [5.41, 5.74) is 0.710. The predicted molar refractivity (Wildman–Crippen MR) is 125 cm³/mol. The maximum Gasteiger partial charge on any atom is 0.376 e. The summed E-state index contributed by atoms with van der Waals surface area (Å²) in [7, 11) is 1.27. The molecule has 5 heterocycles. The van der Waals surface area contributed by atoms with E-state index in [1.54, 1.807) is 29.4 Å². The van der Waals surface area contributed by atoms with Crippen LogP contribution in [0.25, 0.3) is 0 Å². The van der Waals surface area contributed by atoms with Crippen molar-refractivity contribution < 1.29 is 28.5 Å². The fourth-order valence-electron chi connectivity index (χ4n) is 4.52. The van der Waals surface area contributed by atoms with E-state index >= 15 is 0 Å². The second kappa shape index (κ2) is 9.27. The average molecular weight is 485 g/mol. The lowest BCUT2D eigenvalue weighted by Crippen LogP contribution is -2.56. The summed E-state index contributed by atoms with van der Waals surface area (Å²) in [4.78, 5) is 41.9. The molecule has 5 rings (SSSR count). The number of urea groups is 1. The molecule has 0 saturated carbocycles. The van der Waals surface area contributed by atoms with Crippen LogP contribution in [0, 0.1) is 0 Å². The van der Waals surface area contributed by atoms with Gasteiger partial charge in [-0.05, 0) is 38.8 Å². The van der Waals surface area contributed by atoms with Crippen LogP contribution in [0.4, 0.5) is 22.1 Å². The summed E-state index contributed by atoms with van der Waals surface area (Å²) in [5, 5.41) is 2.83. The summed E-state index contributed by atoms with van der Waals surface area (Å²) in [6, 6.07) is 2.93. The van der Waals surface area contributed by atoms with E-state index in [0.29, 0.717) is 42.8 Å². The molecular weight excluding hydrogens is 456 g/mol. The Morgan fingerprint density at radius 3 is 2.83 bits per heavy atom. The molecule has 186 valence electrons. The number of amides is 2. The molecule has 0 radical (unpaired) electrons. The fourth-order valence-corrected chi connectivity index (χ4v) is 4.52. The zero-order chi connectivity index (χ0) is 24.6. The van der Waals surface area contributed by atoms with Crippen molar-refractivity contribution in [2.45, 2.75) is 44.6 Å². The van der Waals surface area contributed by atoms with Crippen LogP contribution in [0.1, 0.15) is 37.3 Å². The highest BCUT2D eigenvalue weighted by Gasteiger charge is 2.39. The first-order valence-corrected chi connectivity index (χ1v) is 11.5. The largest absolute Gasteiger partial charge is 0.489 e. The SMILES string of the molecule is COC(=O)c1ncc2c(n1)N(C(=O)Nc1ccc(OC[C@@H]3COC(C)(C)O3)cn1)[C@H]1CCCN2C1. The number of rotatable bonds is 5. The number of piperidine rings is 1. The number of pyridine rings is 1. The van der Waals surface area contributed by atoms with Crippen molar-refractivity contribution in [2.24, 2.45) is 0 Å². The molecule has 1 N–H and O–H groups in total. The Balaban J connectivity index is 1.28. The van der Waals surface area contributed by atoms with Crippen molar-refractivity contribution in [1.29, 1.82) is 0 Å². The number of anilines is 3. The van der Waals surface area contributed by atoms with Crippen LogP contribution < -0.4 is 19.9 Å². The van der Waals surface area contributed by atoms with E-state index in [4.69, 9.17) is 18.9 Å². The number of ether oxygens (including phenoxy) is 4. The molecule has 2 fully saturated rings. The third kappa shape index (κ3) is 4.84. The molecule has 2 saturated heterocycles. The van der Waals surface area contributed by atoms with E-state index in [2.05, 4.69) is 25.2 Å². The minimum absolute atomic E-state index is 0.0860. The molecule has 2 amide bonds. The van der Waals surface area contributed by atoms with Crippen molar-refractivity contribution in [3.8, 4) is 5.75 Å². The van der Waals surface area contributed by atoms with Gasteiger partial charge in [0.1, 0.15) is 24.3 Å². The van der Waals surface area contributed by atoms with Crippen molar-refractivity contribution in [1.82, 2.24) is 15.0 Å². The van der Waals surface area contributed by atoms with Crippen molar-refractivity contribution >= 4 is 29.3 Å². The second-order valence-electron chi connectivity index (χ2n) is 9.08. The lowest BCUT2D eigenvalue weighted by Gasteiger charge is -2.45. The molecule has 0 spiro atoms. The molecule has 3 aliphatic rings. The Bertz CT molecular complexity index is 1110. The summed E-state index contributed by atoms with van der Waals surface area (Å²) in [5.74, 6) is -0.0515. The minimum atomic E-state index is -0.658. The van der Waals surface area contributed by atoms with Crippen LogP contribution in [0.2, 0.25) is 0 Å². The second-order valence-corrected chi connectivity index (χ2v) is 9.08. The number of carbonyl (C=O) groups excluding carboxylic acids is 2. The van der Waals surface area contributed by atoms with E-state index in [1.165, 1.54) is 7.11 Å². The number of aromatic nitrogens is 3. The van der Waals surface area contributed by atoms with Crippen LogP contribution >= 0.6 is 0 Å². The maximum absolute atomic E-state index is 13.3. The number of nitrogens with zero attached hydrogens (tertiary/aromatic N) is 5. The van der Waals surface area contributed by atoms with Crippen molar-refractivity contribution in [2.75, 3.05) is 48.5 Å². The third-order valence-electron chi connectivity index (χ3n) is 6.14. The van der Waals surface area contributed by atoms with Gasteiger partial charge < -0.3 is 23.8 Å². The molecule has 2 bridgehead atoms. The lowest BCUT2D eigenvalue weighted by molar-refractivity contribution is -0.141. The molecule has 2 aromatic heterocycles. The molecule has 35 heavy (non-hydrogen) atoms. The van der Waals surface area contributed by atoms with E-state index in [0.717, 1.165) is 19.4 Å². The number of hydrogen-bond acceptors (Lipinski definition) is 10. The number of fused-ring (bicyclic) bond motifs is 4. The van der Waals surface area contributed by atoms with Gasteiger partial charge in [0, 0.05) is 13.1 Å². The van der Waals surface area contributed by atoms with Crippen LogP contribution in [-0.2, 0) is 14.2 Å². The van der Waals surface area contributed by atoms with Gasteiger partial charge >= 0.3 is 12.0 Å². The number of nitrogens with one attached hydrogen (secondary N) is 1. The van der Waals surface area contributed by atoms with Gasteiger partial charge in [0.05, 0.1) is 37.8 Å². The van der Waals surface area contributed by atoms with Crippen LogP contribution in [0.3, 0.4) is 0 Å². The first-order valence-electron chi connectivity index (χ1n) is 11.5. The molecule has 0 aliphatic carbocycles. The molecule has 12 nitrogen and oxygen atoms in total. The van der Waals surface area contributed by atoms with Crippen molar-refractivity contribution in [3.63, 3.8) is 0 Å². The first kappa shape index (κ1) is 23.2. The standard InChI is InChI=1S/C23H28N6O6/c1-23(2)34-13-16(35-23)12-33-15-6-7-18(24-9-15)26-22(31)29-14-5-4-8-28(11-14)17-10-25-19(21(30)32-3)27-20(17)29/h6-7,9-10,14,16H,4-5,8,11-13H2,1-3H3,(H,24,26,31)/t14-,16+/m0/s1. The Labute approximate surface area is 202 Å². The smallest absolute Gasteiger partial charge is 0.376 e. The van der Waals surface area contributed by atoms with Gasteiger partial charge in [-0.25, -0.2) is 24.5 Å². The van der Waals surface area contributed by atoms with Crippen LogP contribution in [-0.4, -0.2) is 78.3 Å². The predicted octanol–water partition coefficient (Wildman–Crippen LogP) is 2.21. The van der Waals surface area contributed by atoms with Gasteiger partial charge in [-0.15, -0.1) is 0 Å². The summed E-state index contributed by atoms with van der Waals surface area (Å²) < 4.78 is 21.8. The quantitative estimate of drug-likeness (QED) is 0.631. The molecule has 0 aromatic carbocycles. The van der Waals surface area contributed by atoms with E-state index in [9.17, 15) is 9.59 Å². The molecule has 12 heteroatoms. The lowest BCUT2D eigenvalue weighted by atomic mass is 10.0. The van der Waals surface area contributed by atoms with Crippen LogP contribution in [0.15, 0.2) is 24.5 Å². The van der Waals surface area contributed by atoms with Gasteiger partial charge in [0.25, 0.3) is 0 Å². The molecular formula is C23H28N6O6. The number of esters is 1.